The lowest BCUT2D eigenvalue weighted by molar-refractivity contribution is -0.137. The number of morpholine rings is 1. The molecule has 2 aliphatic rings. The molecule has 1 aromatic rings. The van der Waals surface area contributed by atoms with Gasteiger partial charge >= 0.3 is 6.18 Å². The number of likely N-dealkylation sites (tertiary alicyclic amines) is 1. The highest BCUT2D eigenvalue weighted by Crippen LogP contribution is 2.33. The molecule has 1 aromatic heterocycles. The number of aromatic nitrogens is 1. The summed E-state index contributed by atoms with van der Waals surface area (Å²) in [6, 6.07) is 2.80. The van der Waals surface area contributed by atoms with Crippen LogP contribution in [0.2, 0.25) is 0 Å². The molecule has 29 heavy (non-hydrogen) atoms. The largest absolute Gasteiger partial charge is 0.419 e. The van der Waals surface area contributed by atoms with E-state index in [9.17, 15) is 13.2 Å². The number of aliphatic imine (C=N–C) groups is 1. The van der Waals surface area contributed by atoms with E-state index in [4.69, 9.17) is 4.74 Å². The molecule has 2 saturated heterocycles. The Balaban J connectivity index is 0.00000300. The Morgan fingerprint density at radius 2 is 2.03 bits per heavy atom. The first-order valence-electron chi connectivity index (χ1n) is 9.52. The van der Waals surface area contributed by atoms with Gasteiger partial charge in [-0.15, -0.1) is 24.0 Å². The first kappa shape index (κ1) is 23.9. The molecule has 3 rings (SSSR count). The second-order valence-corrected chi connectivity index (χ2v) is 6.83. The first-order chi connectivity index (χ1) is 13.5. The Morgan fingerprint density at radius 3 is 2.72 bits per heavy atom. The van der Waals surface area contributed by atoms with Crippen LogP contribution in [0.1, 0.15) is 12.0 Å². The van der Waals surface area contributed by atoms with Crippen molar-refractivity contribution >= 4 is 35.8 Å². The Kier molecular flexibility index (Phi) is 9.21. The van der Waals surface area contributed by atoms with Gasteiger partial charge in [0.05, 0.1) is 18.8 Å². The average Bonchev–Trinajstić information content (AvgIpc) is 3.18. The van der Waals surface area contributed by atoms with Gasteiger partial charge in [-0.25, -0.2) is 4.98 Å². The molecule has 0 radical (unpaired) electrons. The molecule has 2 N–H and O–H groups in total. The van der Waals surface area contributed by atoms with Crippen molar-refractivity contribution in [1.29, 1.82) is 0 Å². The first-order valence-corrected chi connectivity index (χ1v) is 9.52. The second-order valence-electron chi connectivity index (χ2n) is 6.83. The quantitative estimate of drug-likeness (QED) is 0.264. The van der Waals surface area contributed by atoms with E-state index in [1.165, 1.54) is 12.3 Å². The van der Waals surface area contributed by atoms with Crippen molar-refractivity contribution in [3.63, 3.8) is 0 Å². The average molecular weight is 528 g/mol. The minimum atomic E-state index is -4.43. The highest BCUT2D eigenvalue weighted by Gasteiger charge is 2.34. The van der Waals surface area contributed by atoms with E-state index in [0.717, 1.165) is 57.8 Å². The normalized spacial score (nSPS) is 21.0. The molecule has 1 unspecified atom stereocenters. The number of alkyl halides is 3. The van der Waals surface area contributed by atoms with Crippen LogP contribution in [0.4, 0.5) is 19.0 Å². The summed E-state index contributed by atoms with van der Waals surface area (Å²) in [7, 11) is 1.72. The number of rotatable bonds is 5. The lowest BCUT2D eigenvalue weighted by Gasteiger charge is -2.32. The van der Waals surface area contributed by atoms with Gasteiger partial charge in [0.15, 0.2) is 5.96 Å². The van der Waals surface area contributed by atoms with Crippen LogP contribution in [0.5, 0.6) is 0 Å². The predicted molar refractivity (Wildman–Crippen MR) is 117 cm³/mol. The fourth-order valence-electron chi connectivity index (χ4n) is 3.64. The van der Waals surface area contributed by atoms with Gasteiger partial charge < -0.3 is 20.3 Å². The van der Waals surface area contributed by atoms with Crippen LogP contribution >= 0.6 is 24.0 Å². The third kappa shape index (κ3) is 6.57. The van der Waals surface area contributed by atoms with E-state index in [0.29, 0.717) is 19.1 Å². The van der Waals surface area contributed by atoms with Crippen LogP contribution in [0.25, 0.3) is 0 Å². The van der Waals surface area contributed by atoms with E-state index in [1.807, 2.05) is 0 Å². The maximum Gasteiger partial charge on any atom is 0.419 e. The van der Waals surface area contributed by atoms with Gasteiger partial charge in [0.1, 0.15) is 5.82 Å². The summed E-state index contributed by atoms with van der Waals surface area (Å²) in [5.41, 5.74) is -0.757. The maximum absolute atomic E-state index is 13.0. The van der Waals surface area contributed by atoms with Crippen LogP contribution < -0.4 is 10.6 Å². The second kappa shape index (κ2) is 11.2. The summed E-state index contributed by atoms with van der Waals surface area (Å²) in [5, 5.41) is 5.99. The van der Waals surface area contributed by atoms with Crippen LogP contribution in [0.15, 0.2) is 23.3 Å². The van der Waals surface area contributed by atoms with E-state index in [1.54, 1.807) is 7.05 Å². The smallest absolute Gasteiger partial charge is 0.379 e. The van der Waals surface area contributed by atoms with Crippen molar-refractivity contribution in [2.24, 2.45) is 4.99 Å². The zero-order valence-corrected chi connectivity index (χ0v) is 18.7. The fraction of sp³-hybridized carbons (Fsp3) is 0.667. The molecular weight excluding hydrogens is 500 g/mol. The molecule has 1 atom stereocenters. The van der Waals surface area contributed by atoms with Gasteiger partial charge in [-0.2, -0.15) is 13.2 Å². The van der Waals surface area contributed by atoms with Crippen LogP contribution in [0.3, 0.4) is 0 Å². The summed E-state index contributed by atoms with van der Waals surface area (Å²) >= 11 is 0. The zero-order chi connectivity index (χ0) is 20.0. The number of nitrogens with zero attached hydrogens (tertiary/aromatic N) is 4. The Labute approximate surface area is 186 Å². The highest BCUT2D eigenvalue weighted by molar-refractivity contribution is 14.0. The molecule has 164 valence electrons. The van der Waals surface area contributed by atoms with E-state index >= 15 is 0 Å². The van der Waals surface area contributed by atoms with Crippen molar-refractivity contribution in [3.05, 3.63) is 23.9 Å². The van der Waals surface area contributed by atoms with Crippen molar-refractivity contribution < 1.29 is 17.9 Å². The number of pyridine rings is 1. The van der Waals surface area contributed by atoms with Gasteiger partial charge in [0.2, 0.25) is 0 Å². The number of ether oxygens (including phenoxy) is 1. The van der Waals surface area contributed by atoms with Crippen LogP contribution in [0, 0.1) is 0 Å². The number of halogens is 4. The summed E-state index contributed by atoms with van der Waals surface area (Å²) < 4.78 is 44.4. The monoisotopic (exact) mass is 528 g/mol. The van der Waals surface area contributed by atoms with Crippen molar-refractivity contribution in [1.82, 2.24) is 20.1 Å². The lowest BCUT2D eigenvalue weighted by Crippen LogP contribution is -2.47. The zero-order valence-electron chi connectivity index (χ0n) is 16.4. The number of hydrogen-bond acceptors (Lipinski definition) is 5. The summed E-state index contributed by atoms with van der Waals surface area (Å²) in [4.78, 5) is 12.8. The molecule has 11 heteroatoms. The molecule has 0 saturated carbocycles. The molecule has 0 bridgehead atoms. The number of hydrogen-bond donors (Lipinski definition) is 2. The third-order valence-electron chi connectivity index (χ3n) is 5.05. The maximum atomic E-state index is 13.0. The van der Waals surface area contributed by atoms with Gasteiger partial charge in [-0.1, -0.05) is 0 Å². The molecule has 2 aliphatic heterocycles. The third-order valence-corrected chi connectivity index (χ3v) is 5.05. The minimum Gasteiger partial charge on any atom is -0.379 e. The van der Waals surface area contributed by atoms with Crippen molar-refractivity contribution in [2.45, 2.75) is 18.6 Å². The van der Waals surface area contributed by atoms with Gasteiger partial charge in [-0.05, 0) is 18.6 Å². The molecule has 0 aromatic carbocycles. The number of nitrogens with one attached hydrogen (secondary N) is 2. The fourth-order valence-corrected chi connectivity index (χ4v) is 3.64. The predicted octanol–water partition coefficient (Wildman–Crippen LogP) is 2.11. The van der Waals surface area contributed by atoms with Crippen LogP contribution in [-0.2, 0) is 10.9 Å². The standard InChI is InChI=1S/C18H27F3N6O.HI/c1-22-17(27-8-4-14(13-27)26-9-11-28-12-10-26)25-7-6-24-16-15(18(19,20)21)3-2-5-23-16;/h2-3,5,14H,4,6-13H2,1H3,(H,22,25)(H,23,24);1H. The van der Waals surface area contributed by atoms with Gasteiger partial charge in [0.25, 0.3) is 0 Å². The molecule has 0 spiro atoms. The Bertz CT molecular complexity index is 669. The van der Waals surface area contributed by atoms with Gasteiger partial charge in [-0.3, -0.25) is 9.89 Å². The number of guanidine groups is 1. The minimum absolute atomic E-state index is 0. The highest BCUT2D eigenvalue weighted by atomic mass is 127. The lowest BCUT2D eigenvalue weighted by atomic mass is 10.2. The molecular formula is C18H28F3IN6O. The molecule has 3 heterocycles. The molecule has 0 aliphatic carbocycles. The van der Waals surface area contributed by atoms with Crippen molar-refractivity contribution in [2.75, 3.05) is 64.8 Å². The van der Waals surface area contributed by atoms with Gasteiger partial charge in [0, 0.05) is 58.6 Å². The summed E-state index contributed by atoms with van der Waals surface area (Å²) in [6.07, 6.45) is -2.01. The summed E-state index contributed by atoms with van der Waals surface area (Å²) in [6.45, 7) is 6.03. The molecule has 7 nitrogen and oxygen atoms in total. The van der Waals surface area contributed by atoms with E-state index in [-0.39, 0.29) is 29.8 Å². The Morgan fingerprint density at radius 1 is 1.28 bits per heavy atom. The topological polar surface area (TPSA) is 65.0 Å². The summed E-state index contributed by atoms with van der Waals surface area (Å²) in [5.74, 6) is 0.620. The molecule has 0 amide bonds. The van der Waals surface area contributed by atoms with E-state index in [2.05, 4.69) is 30.4 Å². The van der Waals surface area contributed by atoms with Crippen molar-refractivity contribution in [3.8, 4) is 0 Å². The molecule has 2 fully saturated rings. The SMILES string of the molecule is CN=C(NCCNc1ncccc1C(F)(F)F)N1CCC(N2CCOCC2)C1.I. The Hall–Kier alpha value is -1.34. The van der Waals surface area contributed by atoms with E-state index < -0.39 is 11.7 Å². The number of anilines is 1. The van der Waals surface area contributed by atoms with Crippen LogP contribution in [-0.4, -0.2) is 86.3 Å².